The standard InChI is InChI=1S/C23H24F3N5O/c24-23(25,26)22(10-11-22)15-5-7-16(8-6-15)30-20(28)19-18(9-12-29-21(19)32)31-17-4-2-1-3-14(17)13-27/h5-9,12,14,17H,1-4,10-11H2,(H2,28,30)(H2,29,31,32)/t14?,17-/m0/s1. The molecule has 2 atom stereocenters. The summed E-state index contributed by atoms with van der Waals surface area (Å²) in [5.41, 5.74) is 5.14. The molecule has 0 aliphatic heterocycles. The van der Waals surface area contributed by atoms with Crippen LogP contribution >= 0.6 is 0 Å². The van der Waals surface area contributed by atoms with E-state index in [1.807, 2.05) is 0 Å². The second kappa shape index (κ2) is 8.34. The van der Waals surface area contributed by atoms with Gasteiger partial charge in [-0.2, -0.15) is 18.4 Å². The molecule has 1 aromatic heterocycles. The molecule has 4 N–H and O–H groups in total. The zero-order chi connectivity index (χ0) is 22.9. The third-order valence-corrected chi connectivity index (χ3v) is 6.45. The second-order valence-electron chi connectivity index (χ2n) is 8.49. The minimum absolute atomic E-state index is 0.0524. The molecule has 0 amide bonds. The Balaban J connectivity index is 1.60. The number of anilines is 1. The topological polar surface area (TPSA) is 107 Å². The number of aliphatic imine (C=N–C) groups is 1. The molecule has 0 saturated heterocycles. The molecular formula is C23H24F3N5O. The van der Waals surface area contributed by atoms with Gasteiger partial charge in [0.25, 0.3) is 5.56 Å². The lowest BCUT2D eigenvalue weighted by Gasteiger charge is -2.29. The number of nitriles is 1. The van der Waals surface area contributed by atoms with Crippen molar-refractivity contribution >= 4 is 17.2 Å². The van der Waals surface area contributed by atoms with E-state index in [0.29, 0.717) is 11.4 Å². The predicted octanol–water partition coefficient (Wildman–Crippen LogP) is 4.50. The van der Waals surface area contributed by atoms with Crippen LogP contribution in [0.15, 0.2) is 46.3 Å². The van der Waals surface area contributed by atoms with Gasteiger partial charge in [-0.15, -0.1) is 0 Å². The molecule has 0 radical (unpaired) electrons. The molecule has 2 aliphatic rings. The quantitative estimate of drug-likeness (QED) is 0.467. The van der Waals surface area contributed by atoms with Gasteiger partial charge in [0, 0.05) is 12.2 Å². The van der Waals surface area contributed by atoms with Crippen LogP contribution < -0.4 is 16.6 Å². The fraction of sp³-hybridized carbons (Fsp3) is 0.435. The Morgan fingerprint density at radius 3 is 2.50 bits per heavy atom. The summed E-state index contributed by atoms with van der Waals surface area (Å²) in [5, 5.41) is 12.7. The molecule has 0 spiro atoms. The number of nitrogens with one attached hydrogen (secondary N) is 2. The van der Waals surface area contributed by atoms with E-state index < -0.39 is 17.2 Å². The van der Waals surface area contributed by atoms with Gasteiger partial charge in [0.2, 0.25) is 0 Å². The van der Waals surface area contributed by atoms with E-state index in [0.717, 1.165) is 25.7 Å². The van der Waals surface area contributed by atoms with Crippen LogP contribution in [0.1, 0.15) is 49.7 Å². The molecule has 6 nitrogen and oxygen atoms in total. The van der Waals surface area contributed by atoms with Crippen molar-refractivity contribution in [2.24, 2.45) is 16.6 Å². The molecular weight excluding hydrogens is 419 g/mol. The van der Waals surface area contributed by atoms with Crippen molar-refractivity contribution in [3.8, 4) is 6.07 Å². The van der Waals surface area contributed by atoms with Gasteiger partial charge in [0.1, 0.15) is 11.4 Å². The first-order chi connectivity index (χ1) is 15.2. The summed E-state index contributed by atoms with van der Waals surface area (Å²) in [6.45, 7) is 0. The molecule has 1 heterocycles. The van der Waals surface area contributed by atoms with Crippen LogP contribution in [-0.4, -0.2) is 23.0 Å². The molecule has 1 aromatic carbocycles. The summed E-state index contributed by atoms with van der Waals surface area (Å²) in [7, 11) is 0. The van der Waals surface area contributed by atoms with Gasteiger partial charge in [0.15, 0.2) is 0 Å². The van der Waals surface area contributed by atoms with Crippen LogP contribution in [0.25, 0.3) is 0 Å². The Hall–Kier alpha value is -3.28. The SMILES string of the molecule is N#CC1CCCC[C@@H]1Nc1cc[nH]c(=O)c1C(N)=Nc1ccc(C2(C(F)(F)F)CC2)cc1. The fourth-order valence-electron chi connectivity index (χ4n) is 4.42. The van der Waals surface area contributed by atoms with Crippen LogP contribution in [0.2, 0.25) is 0 Å². The summed E-state index contributed by atoms with van der Waals surface area (Å²) >= 11 is 0. The number of aromatic nitrogens is 1. The number of rotatable bonds is 5. The number of nitrogens with zero attached hydrogens (tertiary/aromatic N) is 2. The second-order valence-corrected chi connectivity index (χ2v) is 8.49. The maximum absolute atomic E-state index is 13.3. The summed E-state index contributed by atoms with van der Waals surface area (Å²) < 4.78 is 40.0. The number of amidine groups is 1. The molecule has 2 aromatic rings. The summed E-state index contributed by atoms with van der Waals surface area (Å²) in [5.74, 6) is -0.214. The van der Waals surface area contributed by atoms with E-state index in [9.17, 15) is 23.2 Å². The van der Waals surface area contributed by atoms with Crippen molar-refractivity contribution in [2.75, 3.05) is 5.32 Å². The first-order valence-corrected chi connectivity index (χ1v) is 10.6. The van der Waals surface area contributed by atoms with Gasteiger partial charge in [-0.05, 0) is 49.4 Å². The van der Waals surface area contributed by atoms with E-state index >= 15 is 0 Å². The molecule has 168 valence electrons. The highest BCUT2D eigenvalue weighted by atomic mass is 19.4. The number of hydrogen-bond acceptors (Lipinski definition) is 4. The van der Waals surface area contributed by atoms with E-state index in [2.05, 4.69) is 21.4 Å². The highest BCUT2D eigenvalue weighted by molar-refractivity contribution is 6.03. The highest BCUT2D eigenvalue weighted by Gasteiger charge is 2.64. The minimum atomic E-state index is -4.28. The van der Waals surface area contributed by atoms with Crippen LogP contribution in [0.4, 0.5) is 24.5 Å². The third-order valence-electron chi connectivity index (χ3n) is 6.45. The molecule has 2 fully saturated rings. The van der Waals surface area contributed by atoms with Crippen molar-refractivity contribution < 1.29 is 13.2 Å². The minimum Gasteiger partial charge on any atom is -0.383 e. The van der Waals surface area contributed by atoms with E-state index in [1.54, 1.807) is 6.07 Å². The maximum atomic E-state index is 13.3. The van der Waals surface area contributed by atoms with Crippen LogP contribution in [0.3, 0.4) is 0 Å². The maximum Gasteiger partial charge on any atom is 0.398 e. The number of nitrogens with two attached hydrogens (primary N) is 1. The number of alkyl halides is 3. The Morgan fingerprint density at radius 1 is 1.19 bits per heavy atom. The predicted molar refractivity (Wildman–Crippen MR) is 116 cm³/mol. The monoisotopic (exact) mass is 443 g/mol. The smallest absolute Gasteiger partial charge is 0.383 e. The van der Waals surface area contributed by atoms with Crippen molar-refractivity contribution in [1.29, 1.82) is 5.26 Å². The highest BCUT2D eigenvalue weighted by Crippen LogP contribution is 2.58. The summed E-state index contributed by atoms with van der Waals surface area (Å²) in [6.07, 6.45) is 0.965. The lowest BCUT2D eigenvalue weighted by atomic mass is 9.85. The van der Waals surface area contributed by atoms with Crippen LogP contribution in [0, 0.1) is 17.2 Å². The molecule has 2 aliphatic carbocycles. The average Bonchev–Trinajstić information content (AvgIpc) is 3.57. The van der Waals surface area contributed by atoms with Gasteiger partial charge in [0.05, 0.1) is 28.8 Å². The lowest BCUT2D eigenvalue weighted by molar-refractivity contribution is -0.160. The van der Waals surface area contributed by atoms with Crippen molar-refractivity contribution in [3.05, 3.63) is 58.0 Å². The van der Waals surface area contributed by atoms with Gasteiger partial charge < -0.3 is 16.0 Å². The number of aromatic amines is 1. The largest absolute Gasteiger partial charge is 0.398 e. The molecule has 2 saturated carbocycles. The number of H-pyrrole nitrogens is 1. The Bertz CT molecular complexity index is 1110. The number of halogens is 3. The Labute approximate surface area is 183 Å². The molecule has 0 bridgehead atoms. The van der Waals surface area contributed by atoms with E-state index in [1.165, 1.54) is 30.5 Å². The number of benzene rings is 1. The fourth-order valence-corrected chi connectivity index (χ4v) is 4.42. The van der Waals surface area contributed by atoms with Crippen LogP contribution in [-0.2, 0) is 5.41 Å². The van der Waals surface area contributed by atoms with Crippen molar-refractivity contribution in [2.45, 2.75) is 56.2 Å². The van der Waals surface area contributed by atoms with Gasteiger partial charge in [-0.1, -0.05) is 25.0 Å². The van der Waals surface area contributed by atoms with E-state index in [-0.39, 0.29) is 41.8 Å². The molecule has 32 heavy (non-hydrogen) atoms. The van der Waals surface area contributed by atoms with E-state index in [4.69, 9.17) is 5.73 Å². The van der Waals surface area contributed by atoms with Crippen LogP contribution in [0.5, 0.6) is 0 Å². The molecule has 1 unspecified atom stereocenters. The lowest BCUT2D eigenvalue weighted by Crippen LogP contribution is -2.34. The molecule has 4 rings (SSSR count). The van der Waals surface area contributed by atoms with Gasteiger partial charge in [-0.3, -0.25) is 4.79 Å². The van der Waals surface area contributed by atoms with Gasteiger partial charge >= 0.3 is 6.18 Å². The summed E-state index contributed by atoms with van der Waals surface area (Å²) in [4.78, 5) is 19.4. The van der Waals surface area contributed by atoms with Crippen molar-refractivity contribution in [1.82, 2.24) is 4.98 Å². The number of hydrogen-bond donors (Lipinski definition) is 3. The zero-order valence-electron chi connectivity index (χ0n) is 17.4. The summed E-state index contributed by atoms with van der Waals surface area (Å²) in [6, 6.07) is 9.68. The zero-order valence-corrected chi connectivity index (χ0v) is 17.4. The third kappa shape index (κ3) is 4.09. The van der Waals surface area contributed by atoms with Crippen molar-refractivity contribution in [3.63, 3.8) is 0 Å². The Morgan fingerprint density at radius 2 is 1.88 bits per heavy atom. The number of pyridine rings is 1. The molecule has 9 heteroatoms. The normalized spacial score (nSPS) is 22.8. The Kier molecular flexibility index (Phi) is 5.71. The first-order valence-electron chi connectivity index (χ1n) is 10.6. The first kappa shape index (κ1) is 21.9. The average molecular weight is 443 g/mol. The van der Waals surface area contributed by atoms with Gasteiger partial charge in [-0.25, -0.2) is 4.99 Å².